The Hall–Kier alpha value is -2.38. The van der Waals surface area contributed by atoms with E-state index in [2.05, 4.69) is 27.5 Å². The normalized spacial score (nSPS) is 10.2. The fourth-order valence-corrected chi connectivity index (χ4v) is 1.87. The average molecular weight is 309 g/mol. The Morgan fingerprint density at radius 2 is 1.91 bits per heavy atom. The Kier molecular flexibility index (Phi) is 7.66. The largest absolute Gasteiger partial charge is 0.477 e. The van der Waals surface area contributed by atoms with E-state index < -0.39 is 12.0 Å². The Labute approximate surface area is 129 Å². The lowest BCUT2D eigenvalue weighted by Crippen LogP contribution is -2.30. The van der Waals surface area contributed by atoms with Gasteiger partial charge in [-0.15, -0.1) is 0 Å². The van der Waals surface area contributed by atoms with Crippen molar-refractivity contribution in [1.82, 2.24) is 15.3 Å². The van der Waals surface area contributed by atoms with Gasteiger partial charge in [-0.2, -0.15) is 4.98 Å². The number of rotatable bonds is 9. The molecule has 1 rings (SSSR count). The first-order valence-electron chi connectivity index (χ1n) is 7.45. The highest BCUT2D eigenvalue weighted by molar-refractivity contribution is 5.93. The Balaban J connectivity index is 2.28. The molecule has 1 aromatic rings. The van der Waals surface area contributed by atoms with Crippen LogP contribution >= 0.6 is 0 Å². The summed E-state index contributed by atoms with van der Waals surface area (Å²) in [6.45, 7) is 2.74. The number of nitrogens with zero attached hydrogens (tertiary/aromatic N) is 2. The van der Waals surface area contributed by atoms with Crippen LogP contribution in [0.25, 0.3) is 0 Å². The third-order valence-corrected chi connectivity index (χ3v) is 3.09. The number of nitrogens with two attached hydrogens (primary N) is 1. The maximum Gasteiger partial charge on any atom is 0.341 e. The number of carboxylic acid groups (broad SMARTS) is 1. The van der Waals surface area contributed by atoms with Crippen LogP contribution in [0.2, 0.25) is 0 Å². The molecule has 22 heavy (non-hydrogen) atoms. The van der Waals surface area contributed by atoms with Crippen LogP contribution in [-0.4, -0.2) is 33.6 Å². The Morgan fingerprint density at radius 1 is 1.23 bits per heavy atom. The van der Waals surface area contributed by atoms with Crippen LogP contribution in [-0.2, 0) is 0 Å². The van der Waals surface area contributed by atoms with Crippen LogP contribution < -0.4 is 16.4 Å². The molecule has 1 aromatic heterocycles. The van der Waals surface area contributed by atoms with E-state index in [1.54, 1.807) is 0 Å². The molecule has 122 valence electrons. The van der Waals surface area contributed by atoms with Gasteiger partial charge in [0.05, 0.1) is 0 Å². The fourth-order valence-electron chi connectivity index (χ4n) is 1.87. The first-order chi connectivity index (χ1) is 10.5. The minimum atomic E-state index is -1.21. The van der Waals surface area contributed by atoms with Crippen molar-refractivity contribution >= 4 is 23.8 Å². The van der Waals surface area contributed by atoms with Crippen molar-refractivity contribution in [3.8, 4) is 0 Å². The topological polar surface area (TPSA) is 130 Å². The number of hydrogen-bond acceptors (Lipinski definition) is 5. The Bertz CT molecular complexity index is 507. The zero-order valence-electron chi connectivity index (χ0n) is 12.8. The van der Waals surface area contributed by atoms with Gasteiger partial charge in [0.2, 0.25) is 5.95 Å². The van der Waals surface area contributed by atoms with Gasteiger partial charge >= 0.3 is 12.0 Å². The van der Waals surface area contributed by atoms with E-state index in [0.717, 1.165) is 19.0 Å². The summed E-state index contributed by atoms with van der Waals surface area (Å²) in [7, 11) is 0. The number of urea groups is 1. The number of nitrogen functional groups attached to an aromatic ring is 1. The molecule has 0 aliphatic carbocycles. The molecule has 0 atom stereocenters. The van der Waals surface area contributed by atoms with Crippen molar-refractivity contribution in [2.75, 3.05) is 17.6 Å². The fraction of sp³-hybridized carbons (Fsp3) is 0.571. The standard InChI is InChI=1S/C14H23N5O3/c1-2-3-4-5-6-7-8-16-14(22)19-13-17-9-10(12(20)21)11(15)18-13/h9H,2-8H2,1H3,(H,20,21)(H4,15,16,17,18,19,22). The van der Waals surface area contributed by atoms with Crippen LogP contribution in [0.15, 0.2) is 6.20 Å². The number of carbonyl (C=O) groups excluding carboxylic acids is 1. The first kappa shape index (κ1) is 17.7. The lowest BCUT2D eigenvalue weighted by Gasteiger charge is -2.07. The minimum Gasteiger partial charge on any atom is -0.477 e. The van der Waals surface area contributed by atoms with Gasteiger partial charge in [0.1, 0.15) is 11.4 Å². The number of amides is 2. The first-order valence-corrected chi connectivity index (χ1v) is 7.45. The molecule has 0 unspecified atom stereocenters. The average Bonchev–Trinajstić information content (AvgIpc) is 2.46. The molecule has 8 heteroatoms. The SMILES string of the molecule is CCCCCCCCNC(=O)Nc1ncc(C(=O)O)c(N)n1. The van der Waals surface area contributed by atoms with E-state index in [9.17, 15) is 9.59 Å². The molecule has 8 nitrogen and oxygen atoms in total. The van der Waals surface area contributed by atoms with E-state index in [4.69, 9.17) is 10.8 Å². The highest BCUT2D eigenvalue weighted by Crippen LogP contribution is 2.09. The van der Waals surface area contributed by atoms with Crippen molar-refractivity contribution < 1.29 is 14.7 Å². The third kappa shape index (κ3) is 6.38. The van der Waals surface area contributed by atoms with Crippen molar-refractivity contribution in [2.45, 2.75) is 45.4 Å². The molecule has 1 heterocycles. The number of nitrogens with one attached hydrogen (secondary N) is 2. The molecule has 0 spiro atoms. The zero-order chi connectivity index (χ0) is 16.4. The molecule has 2 amide bonds. The molecule has 0 aliphatic heterocycles. The predicted molar refractivity (Wildman–Crippen MR) is 83.8 cm³/mol. The maximum absolute atomic E-state index is 11.6. The number of aromatic carboxylic acids is 1. The molecule has 0 aromatic carbocycles. The smallest absolute Gasteiger partial charge is 0.341 e. The minimum absolute atomic E-state index is 0.0251. The molecule has 0 radical (unpaired) electrons. The maximum atomic E-state index is 11.6. The highest BCUT2D eigenvalue weighted by atomic mass is 16.4. The predicted octanol–water partition coefficient (Wildman–Crippen LogP) is 2.24. The number of anilines is 2. The van der Waals surface area contributed by atoms with Crippen molar-refractivity contribution in [3.05, 3.63) is 11.8 Å². The monoisotopic (exact) mass is 309 g/mol. The summed E-state index contributed by atoms with van der Waals surface area (Å²) in [4.78, 5) is 29.8. The second-order valence-electron chi connectivity index (χ2n) is 4.95. The molecule has 5 N–H and O–H groups in total. The van der Waals surface area contributed by atoms with Gasteiger partial charge in [-0.05, 0) is 6.42 Å². The van der Waals surface area contributed by atoms with E-state index in [0.29, 0.717) is 6.54 Å². The zero-order valence-corrected chi connectivity index (χ0v) is 12.8. The van der Waals surface area contributed by atoms with Gasteiger partial charge in [0.25, 0.3) is 0 Å². The van der Waals surface area contributed by atoms with Crippen LogP contribution in [0.5, 0.6) is 0 Å². The van der Waals surface area contributed by atoms with Crippen LogP contribution in [0, 0.1) is 0 Å². The number of hydrogen-bond donors (Lipinski definition) is 4. The number of unbranched alkanes of at least 4 members (excludes halogenated alkanes) is 5. The Morgan fingerprint density at radius 3 is 2.55 bits per heavy atom. The lowest BCUT2D eigenvalue weighted by atomic mass is 10.1. The van der Waals surface area contributed by atoms with Gasteiger partial charge < -0.3 is 16.2 Å². The number of carboxylic acids is 1. The molecule has 0 saturated carbocycles. The summed E-state index contributed by atoms with van der Waals surface area (Å²) < 4.78 is 0. The molecule has 0 saturated heterocycles. The van der Waals surface area contributed by atoms with Crippen LogP contribution in [0.4, 0.5) is 16.6 Å². The summed E-state index contributed by atoms with van der Waals surface area (Å²) in [5.74, 6) is -1.42. The summed E-state index contributed by atoms with van der Waals surface area (Å²) in [6.07, 6.45) is 7.92. The highest BCUT2D eigenvalue weighted by Gasteiger charge is 2.12. The number of carbonyl (C=O) groups is 2. The van der Waals surface area contributed by atoms with E-state index in [-0.39, 0.29) is 17.3 Å². The quantitative estimate of drug-likeness (QED) is 0.517. The van der Waals surface area contributed by atoms with Crippen molar-refractivity contribution in [3.63, 3.8) is 0 Å². The van der Waals surface area contributed by atoms with Crippen molar-refractivity contribution in [1.29, 1.82) is 0 Å². The second-order valence-corrected chi connectivity index (χ2v) is 4.95. The van der Waals surface area contributed by atoms with Crippen LogP contribution in [0.1, 0.15) is 55.8 Å². The third-order valence-electron chi connectivity index (χ3n) is 3.09. The van der Waals surface area contributed by atoms with E-state index in [1.807, 2.05) is 0 Å². The molecule has 0 aliphatic rings. The summed E-state index contributed by atoms with van der Waals surface area (Å²) in [5, 5.41) is 13.9. The molecule has 0 fully saturated rings. The molecular formula is C14H23N5O3. The van der Waals surface area contributed by atoms with Crippen molar-refractivity contribution in [2.24, 2.45) is 0 Å². The second kappa shape index (κ2) is 9.54. The van der Waals surface area contributed by atoms with Gasteiger partial charge in [-0.3, -0.25) is 5.32 Å². The lowest BCUT2D eigenvalue weighted by molar-refractivity contribution is 0.0697. The van der Waals surface area contributed by atoms with Crippen LogP contribution in [0.3, 0.4) is 0 Å². The van der Waals surface area contributed by atoms with E-state index in [1.165, 1.54) is 25.7 Å². The van der Waals surface area contributed by atoms with E-state index >= 15 is 0 Å². The molecular weight excluding hydrogens is 286 g/mol. The summed E-state index contributed by atoms with van der Waals surface area (Å²) >= 11 is 0. The summed E-state index contributed by atoms with van der Waals surface area (Å²) in [6, 6.07) is -0.434. The van der Waals surface area contributed by atoms with Gasteiger partial charge in [-0.1, -0.05) is 39.0 Å². The van der Waals surface area contributed by atoms with Gasteiger partial charge in [0, 0.05) is 12.7 Å². The molecule has 0 bridgehead atoms. The number of aromatic nitrogens is 2. The summed E-state index contributed by atoms with van der Waals surface area (Å²) in [5.41, 5.74) is 5.28. The van der Waals surface area contributed by atoms with Gasteiger partial charge in [-0.25, -0.2) is 14.6 Å². The van der Waals surface area contributed by atoms with Gasteiger partial charge in [0.15, 0.2) is 0 Å².